The van der Waals surface area contributed by atoms with Gasteiger partial charge in [0.05, 0.1) is 5.69 Å². The summed E-state index contributed by atoms with van der Waals surface area (Å²) in [4.78, 5) is 16.3. The van der Waals surface area contributed by atoms with E-state index in [9.17, 15) is 4.79 Å². The monoisotopic (exact) mass is 419 g/mol. The van der Waals surface area contributed by atoms with Crippen LogP contribution in [0.2, 0.25) is 0 Å². The van der Waals surface area contributed by atoms with Crippen molar-refractivity contribution in [3.8, 4) is 17.1 Å². The molecule has 9 nitrogen and oxygen atoms in total. The Kier molecular flexibility index (Phi) is 6.11. The summed E-state index contributed by atoms with van der Waals surface area (Å²) in [5, 5.41) is 17.0. The van der Waals surface area contributed by atoms with Gasteiger partial charge in [0.15, 0.2) is 12.4 Å². The number of nitrogens with one attached hydrogen (secondary N) is 4. The first-order chi connectivity index (χ1) is 15.1. The number of nitrogens with zero attached hydrogens (tertiary/aromatic N) is 3. The molecule has 0 atom stereocenters. The predicted octanol–water partition coefficient (Wildman–Crippen LogP) is 3.60. The Balaban J connectivity index is 1.33. The van der Waals surface area contributed by atoms with Gasteiger partial charge in [0.1, 0.15) is 5.75 Å². The van der Waals surface area contributed by atoms with E-state index in [4.69, 9.17) is 4.74 Å². The number of H-pyrrole nitrogens is 1. The van der Waals surface area contributed by atoms with Crippen molar-refractivity contribution in [3.63, 3.8) is 0 Å². The van der Waals surface area contributed by atoms with Gasteiger partial charge in [0.2, 0.25) is 5.95 Å². The second kappa shape index (κ2) is 9.29. The number of hydrazone groups is 1. The first-order valence-electron chi connectivity index (χ1n) is 10.1. The standard InChI is InChI=1S/C22H25N7O2/c1-14-12-17(8-11-19(14)27-23-2)25-22-26-21(28-29-22)15-6-9-18(10-7-15)31-13-20(30)24-16-4-3-5-16/h6-12,16,27H,2-5,13H2,1H3,(H,24,30)(H2,25,26,28,29). The van der Waals surface area contributed by atoms with Crippen LogP contribution in [0.15, 0.2) is 47.6 Å². The van der Waals surface area contributed by atoms with Crippen molar-refractivity contribution in [1.29, 1.82) is 0 Å². The Labute approximate surface area is 180 Å². The largest absolute Gasteiger partial charge is 0.484 e. The lowest BCUT2D eigenvalue weighted by Crippen LogP contribution is -2.41. The third kappa shape index (κ3) is 5.19. The molecule has 1 aliphatic rings. The molecule has 0 radical (unpaired) electrons. The lowest BCUT2D eigenvalue weighted by molar-refractivity contribution is -0.124. The number of carbonyl (C=O) groups is 1. The summed E-state index contributed by atoms with van der Waals surface area (Å²) in [5.74, 6) is 1.63. The zero-order valence-corrected chi connectivity index (χ0v) is 17.3. The molecule has 0 unspecified atom stereocenters. The molecule has 1 heterocycles. The normalized spacial score (nSPS) is 13.2. The molecule has 1 amide bonds. The van der Waals surface area contributed by atoms with Gasteiger partial charge in [-0.25, -0.2) is 0 Å². The van der Waals surface area contributed by atoms with Crippen LogP contribution in [0.1, 0.15) is 24.8 Å². The zero-order valence-electron chi connectivity index (χ0n) is 17.3. The third-order valence-corrected chi connectivity index (χ3v) is 5.14. The zero-order chi connectivity index (χ0) is 21.6. The van der Waals surface area contributed by atoms with E-state index < -0.39 is 0 Å². The molecular weight excluding hydrogens is 394 g/mol. The minimum absolute atomic E-state index is 0.0167. The van der Waals surface area contributed by atoms with Crippen LogP contribution in [0.25, 0.3) is 11.4 Å². The number of amides is 1. The SMILES string of the molecule is C=NNc1ccc(Nc2n[nH]c(-c3ccc(OCC(=O)NC4CCC4)cc3)n2)cc1C. The Morgan fingerprint density at radius 3 is 2.74 bits per heavy atom. The fraction of sp³-hybridized carbons (Fsp3) is 0.273. The Morgan fingerprint density at radius 1 is 1.26 bits per heavy atom. The van der Waals surface area contributed by atoms with Gasteiger partial charge in [-0.1, -0.05) is 0 Å². The number of aryl methyl sites for hydroxylation is 1. The molecule has 4 rings (SSSR count). The molecule has 160 valence electrons. The molecule has 1 fully saturated rings. The van der Waals surface area contributed by atoms with Crippen LogP contribution < -0.4 is 20.8 Å². The summed E-state index contributed by atoms with van der Waals surface area (Å²) in [7, 11) is 0. The highest BCUT2D eigenvalue weighted by Crippen LogP contribution is 2.24. The number of ether oxygens (including phenoxy) is 1. The Bertz CT molecular complexity index is 1060. The van der Waals surface area contributed by atoms with Gasteiger partial charge in [-0.05, 0) is 74.2 Å². The number of anilines is 3. The van der Waals surface area contributed by atoms with E-state index >= 15 is 0 Å². The maximum Gasteiger partial charge on any atom is 0.258 e. The van der Waals surface area contributed by atoms with Crippen LogP contribution >= 0.6 is 0 Å². The minimum atomic E-state index is -0.0838. The number of aromatic amines is 1. The van der Waals surface area contributed by atoms with Crippen LogP contribution in [-0.2, 0) is 4.79 Å². The average molecular weight is 419 g/mol. The van der Waals surface area contributed by atoms with E-state index in [1.165, 1.54) is 6.42 Å². The second-order valence-corrected chi connectivity index (χ2v) is 7.44. The van der Waals surface area contributed by atoms with Crippen molar-refractivity contribution in [2.75, 3.05) is 17.3 Å². The van der Waals surface area contributed by atoms with Crippen molar-refractivity contribution >= 4 is 29.9 Å². The summed E-state index contributed by atoms with van der Waals surface area (Å²) >= 11 is 0. The van der Waals surface area contributed by atoms with Crippen molar-refractivity contribution in [2.24, 2.45) is 5.10 Å². The number of aromatic nitrogens is 3. The second-order valence-electron chi connectivity index (χ2n) is 7.44. The van der Waals surface area contributed by atoms with Crippen molar-refractivity contribution in [3.05, 3.63) is 48.0 Å². The Morgan fingerprint density at radius 2 is 2.06 bits per heavy atom. The molecule has 1 aromatic heterocycles. The van der Waals surface area contributed by atoms with Crippen LogP contribution in [0.3, 0.4) is 0 Å². The molecule has 3 aromatic rings. The fourth-order valence-electron chi connectivity index (χ4n) is 3.21. The van der Waals surface area contributed by atoms with Gasteiger partial charge in [0.25, 0.3) is 5.91 Å². The molecule has 0 saturated heterocycles. The molecule has 1 saturated carbocycles. The molecule has 0 spiro atoms. The van der Waals surface area contributed by atoms with Gasteiger partial charge in [0, 0.05) is 24.0 Å². The summed E-state index contributed by atoms with van der Waals surface area (Å²) in [6.45, 7) is 5.42. The number of hydrogen-bond acceptors (Lipinski definition) is 7. The van der Waals surface area contributed by atoms with Gasteiger partial charge < -0.3 is 15.4 Å². The smallest absolute Gasteiger partial charge is 0.258 e. The topological polar surface area (TPSA) is 116 Å². The summed E-state index contributed by atoms with van der Waals surface area (Å²) < 4.78 is 5.56. The molecule has 1 aliphatic carbocycles. The molecule has 9 heteroatoms. The van der Waals surface area contributed by atoms with Gasteiger partial charge in [-0.3, -0.25) is 15.3 Å². The van der Waals surface area contributed by atoms with Crippen molar-refractivity contribution < 1.29 is 9.53 Å². The maximum atomic E-state index is 11.9. The summed E-state index contributed by atoms with van der Waals surface area (Å²) in [6.07, 6.45) is 3.30. The van der Waals surface area contributed by atoms with Crippen LogP contribution in [0.5, 0.6) is 5.75 Å². The highest BCUT2D eigenvalue weighted by molar-refractivity contribution is 5.78. The van der Waals surface area contributed by atoms with Crippen molar-refractivity contribution in [2.45, 2.75) is 32.2 Å². The first kappa shape index (κ1) is 20.4. The van der Waals surface area contributed by atoms with Crippen LogP contribution in [0, 0.1) is 6.92 Å². The molecule has 0 aliphatic heterocycles. The predicted molar refractivity (Wildman–Crippen MR) is 121 cm³/mol. The third-order valence-electron chi connectivity index (χ3n) is 5.14. The van der Waals surface area contributed by atoms with E-state index in [2.05, 4.69) is 43.1 Å². The van der Waals surface area contributed by atoms with E-state index in [-0.39, 0.29) is 12.5 Å². The molecule has 31 heavy (non-hydrogen) atoms. The fourth-order valence-corrected chi connectivity index (χ4v) is 3.21. The van der Waals surface area contributed by atoms with E-state index in [0.29, 0.717) is 23.6 Å². The number of rotatable bonds is 9. The van der Waals surface area contributed by atoms with Gasteiger partial charge in [-0.2, -0.15) is 10.1 Å². The minimum Gasteiger partial charge on any atom is -0.484 e. The highest BCUT2D eigenvalue weighted by atomic mass is 16.5. The lowest BCUT2D eigenvalue weighted by atomic mass is 9.93. The summed E-state index contributed by atoms with van der Waals surface area (Å²) in [6, 6.07) is 13.5. The molecular formula is C22H25N7O2. The lowest BCUT2D eigenvalue weighted by Gasteiger charge is -2.26. The molecule has 2 aromatic carbocycles. The van der Waals surface area contributed by atoms with E-state index in [1.54, 1.807) is 0 Å². The first-order valence-corrected chi connectivity index (χ1v) is 10.1. The van der Waals surface area contributed by atoms with Gasteiger partial charge >= 0.3 is 0 Å². The average Bonchev–Trinajstić information content (AvgIpc) is 3.20. The Hall–Kier alpha value is -3.88. The van der Waals surface area contributed by atoms with Crippen molar-refractivity contribution in [1.82, 2.24) is 20.5 Å². The maximum absolute atomic E-state index is 11.9. The van der Waals surface area contributed by atoms with Crippen LogP contribution in [0.4, 0.5) is 17.3 Å². The number of hydrogen-bond donors (Lipinski definition) is 4. The molecule has 0 bridgehead atoms. The summed E-state index contributed by atoms with van der Waals surface area (Å²) in [5.41, 5.74) is 6.47. The highest BCUT2D eigenvalue weighted by Gasteiger charge is 2.19. The van der Waals surface area contributed by atoms with E-state index in [1.807, 2.05) is 49.4 Å². The van der Waals surface area contributed by atoms with Gasteiger partial charge in [-0.15, -0.1) is 5.10 Å². The number of benzene rings is 2. The number of carbonyl (C=O) groups excluding carboxylic acids is 1. The molecule has 4 N–H and O–H groups in total. The van der Waals surface area contributed by atoms with Crippen LogP contribution in [-0.4, -0.2) is 40.5 Å². The van der Waals surface area contributed by atoms with E-state index in [0.717, 1.165) is 35.3 Å². The quantitative estimate of drug-likeness (QED) is 0.311.